The second-order valence-electron chi connectivity index (χ2n) is 6.14. The van der Waals surface area contributed by atoms with Crippen molar-refractivity contribution in [3.05, 3.63) is 17.0 Å². The van der Waals surface area contributed by atoms with Crippen molar-refractivity contribution in [2.45, 2.75) is 46.6 Å². The summed E-state index contributed by atoms with van der Waals surface area (Å²) in [4.78, 5) is 11.7. The first-order chi connectivity index (χ1) is 9.65. The summed E-state index contributed by atoms with van der Waals surface area (Å²) in [6, 6.07) is -0.255. The zero-order valence-corrected chi connectivity index (χ0v) is 13.9. The molecule has 2 amide bonds. The van der Waals surface area contributed by atoms with Crippen molar-refractivity contribution < 1.29 is 9.90 Å². The molecule has 6 heteroatoms. The Morgan fingerprint density at radius 1 is 1.38 bits per heavy atom. The Balaban J connectivity index is 2.38. The van der Waals surface area contributed by atoms with Gasteiger partial charge in [-0.15, -0.1) is 0 Å². The van der Waals surface area contributed by atoms with E-state index in [9.17, 15) is 9.90 Å². The largest absolute Gasteiger partial charge is 0.388 e. The molecule has 1 unspecified atom stereocenters. The summed E-state index contributed by atoms with van der Waals surface area (Å²) in [5.41, 5.74) is 2.40. The van der Waals surface area contributed by atoms with Crippen LogP contribution in [0.1, 0.15) is 37.7 Å². The number of carbonyl (C=O) groups is 1. The standard InChI is InChI=1S/C15H28N4O2/c1-10(2)15(5,21)9-17-14(20)16-8-7-13-11(3)18-19(6)12(13)4/h10,21H,7-9H2,1-6H3,(H2,16,17,20). The predicted molar refractivity (Wildman–Crippen MR) is 83.2 cm³/mol. The first-order valence-electron chi connectivity index (χ1n) is 7.38. The summed E-state index contributed by atoms with van der Waals surface area (Å²) < 4.78 is 1.85. The molecule has 0 spiro atoms. The number of rotatable bonds is 6. The third-order valence-corrected chi connectivity index (χ3v) is 4.17. The number of nitrogens with one attached hydrogen (secondary N) is 2. The maximum absolute atomic E-state index is 11.7. The topological polar surface area (TPSA) is 79.2 Å². The minimum Gasteiger partial charge on any atom is -0.388 e. The molecule has 0 fully saturated rings. The lowest BCUT2D eigenvalue weighted by atomic mass is 9.93. The van der Waals surface area contributed by atoms with E-state index in [0.717, 1.165) is 17.8 Å². The molecule has 0 saturated carbocycles. The zero-order chi connectivity index (χ0) is 16.2. The molecule has 1 heterocycles. The SMILES string of the molecule is Cc1nn(C)c(C)c1CCNC(=O)NCC(C)(O)C(C)C. The first kappa shape index (κ1) is 17.5. The van der Waals surface area contributed by atoms with Gasteiger partial charge in [0.2, 0.25) is 0 Å². The molecule has 21 heavy (non-hydrogen) atoms. The van der Waals surface area contributed by atoms with Gasteiger partial charge < -0.3 is 15.7 Å². The molecule has 0 radical (unpaired) electrons. The van der Waals surface area contributed by atoms with Gasteiger partial charge in [0.1, 0.15) is 0 Å². The highest BCUT2D eigenvalue weighted by Crippen LogP contribution is 2.14. The maximum Gasteiger partial charge on any atom is 0.314 e. The number of carbonyl (C=O) groups excluding carboxylic acids is 1. The van der Waals surface area contributed by atoms with Gasteiger partial charge in [0.05, 0.1) is 11.3 Å². The minimum absolute atomic E-state index is 0.0819. The molecule has 1 rings (SSSR count). The molecule has 0 bridgehead atoms. The third-order valence-electron chi connectivity index (χ3n) is 4.17. The van der Waals surface area contributed by atoms with Crippen molar-refractivity contribution >= 4 is 6.03 Å². The molecule has 120 valence electrons. The Kier molecular flexibility index (Phi) is 5.78. The van der Waals surface area contributed by atoms with Crippen LogP contribution >= 0.6 is 0 Å². The van der Waals surface area contributed by atoms with Gasteiger partial charge in [-0.2, -0.15) is 5.10 Å². The van der Waals surface area contributed by atoms with Crippen molar-refractivity contribution in [1.29, 1.82) is 0 Å². The number of hydrogen-bond acceptors (Lipinski definition) is 3. The monoisotopic (exact) mass is 296 g/mol. The van der Waals surface area contributed by atoms with Gasteiger partial charge in [0.15, 0.2) is 0 Å². The van der Waals surface area contributed by atoms with Crippen molar-refractivity contribution in [1.82, 2.24) is 20.4 Å². The van der Waals surface area contributed by atoms with Crippen LogP contribution < -0.4 is 10.6 Å². The summed E-state index contributed by atoms with van der Waals surface area (Å²) in [5, 5.41) is 19.9. The Labute approximate surface area is 126 Å². The third kappa shape index (κ3) is 4.74. The molecule has 0 aliphatic heterocycles. The van der Waals surface area contributed by atoms with E-state index in [4.69, 9.17) is 0 Å². The summed E-state index contributed by atoms with van der Waals surface area (Å²) in [7, 11) is 1.92. The van der Waals surface area contributed by atoms with Crippen molar-refractivity contribution in [3.8, 4) is 0 Å². The van der Waals surface area contributed by atoms with Crippen LogP contribution in [-0.2, 0) is 13.5 Å². The van der Waals surface area contributed by atoms with E-state index >= 15 is 0 Å². The molecule has 0 saturated heterocycles. The fourth-order valence-electron chi connectivity index (χ4n) is 2.01. The second-order valence-corrected chi connectivity index (χ2v) is 6.14. The Hall–Kier alpha value is -1.56. The van der Waals surface area contributed by atoms with Gasteiger partial charge >= 0.3 is 6.03 Å². The quantitative estimate of drug-likeness (QED) is 0.740. The molecule has 1 atom stereocenters. The van der Waals surface area contributed by atoms with Crippen LogP contribution in [0, 0.1) is 19.8 Å². The zero-order valence-electron chi connectivity index (χ0n) is 13.9. The Morgan fingerprint density at radius 3 is 2.48 bits per heavy atom. The van der Waals surface area contributed by atoms with Crippen LogP contribution in [-0.4, -0.2) is 39.6 Å². The lowest BCUT2D eigenvalue weighted by Crippen LogP contribution is -2.47. The number of nitrogens with zero attached hydrogens (tertiary/aromatic N) is 2. The molecule has 6 nitrogen and oxygen atoms in total. The molecule has 0 aromatic carbocycles. The van der Waals surface area contributed by atoms with Crippen molar-refractivity contribution in [2.75, 3.05) is 13.1 Å². The van der Waals surface area contributed by atoms with Crippen LogP contribution in [0.4, 0.5) is 4.79 Å². The van der Waals surface area contributed by atoms with E-state index < -0.39 is 5.60 Å². The summed E-state index contributed by atoms with van der Waals surface area (Å²) in [5.74, 6) is 0.0819. The molecule has 0 aliphatic carbocycles. The van der Waals surface area contributed by atoms with Gasteiger partial charge in [-0.05, 0) is 38.7 Å². The first-order valence-corrected chi connectivity index (χ1v) is 7.38. The maximum atomic E-state index is 11.7. The average Bonchev–Trinajstić information content (AvgIpc) is 2.62. The number of aliphatic hydroxyl groups is 1. The lowest BCUT2D eigenvalue weighted by Gasteiger charge is -2.27. The highest BCUT2D eigenvalue weighted by molar-refractivity contribution is 5.73. The van der Waals surface area contributed by atoms with Crippen LogP contribution in [0.15, 0.2) is 0 Å². The van der Waals surface area contributed by atoms with Crippen molar-refractivity contribution in [2.24, 2.45) is 13.0 Å². The number of aryl methyl sites for hydroxylation is 2. The number of aromatic nitrogens is 2. The molecular weight excluding hydrogens is 268 g/mol. The number of amides is 2. The molecule has 0 aliphatic rings. The van der Waals surface area contributed by atoms with Crippen LogP contribution in [0.25, 0.3) is 0 Å². The van der Waals surface area contributed by atoms with Gasteiger partial charge in [-0.25, -0.2) is 4.79 Å². The fourth-order valence-corrected chi connectivity index (χ4v) is 2.01. The molecule has 1 aromatic rings. The van der Waals surface area contributed by atoms with Gasteiger partial charge in [0.25, 0.3) is 0 Å². The Bertz CT molecular complexity index is 492. The van der Waals surface area contributed by atoms with Crippen molar-refractivity contribution in [3.63, 3.8) is 0 Å². The van der Waals surface area contributed by atoms with E-state index in [1.54, 1.807) is 6.92 Å². The summed E-state index contributed by atoms with van der Waals surface area (Å²) >= 11 is 0. The molecule has 3 N–H and O–H groups in total. The van der Waals surface area contributed by atoms with E-state index in [-0.39, 0.29) is 18.5 Å². The normalized spacial score (nSPS) is 14.1. The average molecular weight is 296 g/mol. The van der Waals surface area contributed by atoms with E-state index in [1.807, 2.05) is 39.4 Å². The van der Waals surface area contributed by atoms with Crippen LogP contribution in [0.2, 0.25) is 0 Å². The van der Waals surface area contributed by atoms with Gasteiger partial charge in [-0.1, -0.05) is 13.8 Å². The molecular formula is C15H28N4O2. The van der Waals surface area contributed by atoms with Gasteiger partial charge in [-0.3, -0.25) is 4.68 Å². The summed E-state index contributed by atoms with van der Waals surface area (Å²) in [6.07, 6.45) is 0.750. The smallest absolute Gasteiger partial charge is 0.314 e. The van der Waals surface area contributed by atoms with E-state index in [2.05, 4.69) is 15.7 Å². The minimum atomic E-state index is -0.895. The van der Waals surface area contributed by atoms with Crippen LogP contribution in [0.5, 0.6) is 0 Å². The van der Waals surface area contributed by atoms with Crippen LogP contribution in [0.3, 0.4) is 0 Å². The van der Waals surface area contributed by atoms with E-state index in [0.29, 0.717) is 6.54 Å². The number of urea groups is 1. The lowest BCUT2D eigenvalue weighted by molar-refractivity contribution is 0.0166. The fraction of sp³-hybridized carbons (Fsp3) is 0.733. The highest BCUT2D eigenvalue weighted by atomic mass is 16.3. The number of hydrogen-bond donors (Lipinski definition) is 3. The van der Waals surface area contributed by atoms with Gasteiger partial charge in [0, 0.05) is 25.8 Å². The second kappa shape index (κ2) is 6.93. The van der Waals surface area contributed by atoms with E-state index in [1.165, 1.54) is 5.56 Å². The molecule has 1 aromatic heterocycles. The highest BCUT2D eigenvalue weighted by Gasteiger charge is 2.25. The summed E-state index contributed by atoms with van der Waals surface area (Å²) in [6.45, 7) is 10.4. The Morgan fingerprint density at radius 2 is 2.00 bits per heavy atom. The predicted octanol–water partition coefficient (Wildman–Crippen LogP) is 1.29.